The maximum absolute atomic E-state index is 13.0. The van der Waals surface area contributed by atoms with Crippen molar-refractivity contribution < 1.29 is 19.1 Å². The van der Waals surface area contributed by atoms with Gasteiger partial charge in [0.15, 0.2) is 0 Å². The predicted octanol–water partition coefficient (Wildman–Crippen LogP) is 3.82. The van der Waals surface area contributed by atoms with E-state index in [4.69, 9.17) is 9.47 Å². The molecular formula is C23H28N2O4. The van der Waals surface area contributed by atoms with Gasteiger partial charge in [0.2, 0.25) is 11.8 Å². The molecule has 0 spiro atoms. The van der Waals surface area contributed by atoms with Crippen LogP contribution in [0.5, 0.6) is 11.5 Å². The van der Waals surface area contributed by atoms with Gasteiger partial charge in [0, 0.05) is 24.7 Å². The molecular weight excluding hydrogens is 368 g/mol. The number of carbonyl (C=O) groups excluding carboxylic acids is 2. The average molecular weight is 396 g/mol. The van der Waals surface area contributed by atoms with Crippen LogP contribution in [-0.4, -0.2) is 32.6 Å². The Morgan fingerprint density at radius 2 is 1.79 bits per heavy atom. The zero-order chi connectivity index (χ0) is 21.0. The van der Waals surface area contributed by atoms with E-state index in [1.807, 2.05) is 18.2 Å². The molecule has 1 heterocycles. The van der Waals surface area contributed by atoms with Gasteiger partial charge in [-0.3, -0.25) is 9.59 Å². The lowest BCUT2D eigenvalue weighted by molar-refractivity contribution is -0.122. The minimum absolute atomic E-state index is 0.0897. The number of amides is 2. The van der Waals surface area contributed by atoms with Crippen molar-refractivity contribution in [3.63, 3.8) is 0 Å². The van der Waals surface area contributed by atoms with E-state index in [0.717, 1.165) is 29.7 Å². The standard InChI is InChI=1S/C23H28N2O4/c1-5-15-8-7-9-16(6-2)22(15)24-23(27)17-12-21(26)25(14-17)19-11-10-18(28-3)13-20(19)29-4/h7-11,13,17H,5-6,12,14H2,1-4H3,(H,24,27)/t17-/m0/s1. The van der Waals surface area contributed by atoms with E-state index >= 15 is 0 Å². The Balaban J connectivity index is 1.80. The SMILES string of the molecule is CCc1cccc(CC)c1NC(=O)[C@H]1CC(=O)N(c2ccc(OC)cc2OC)C1. The van der Waals surface area contributed by atoms with Gasteiger partial charge in [-0.1, -0.05) is 32.0 Å². The number of benzene rings is 2. The van der Waals surface area contributed by atoms with Crippen molar-refractivity contribution in [2.24, 2.45) is 5.92 Å². The maximum atomic E-state index is 13.0. The first-order chi connectivity index (χ1) is 14.0. The van der Waals surface area contributed by atoms with Gasteiger partial charge >= 0.3 is 0 Å². The maximum Gasteiger partial charge on any atom is 0.229 e. The summed E-state index contributed by atoms with van der Waals surface area (Å²) in [6.07, 6.45) is 1.85. The van der Waals surface area contributed by atoms with E-state index < -0.39 is 5.92 Å². The summed E-state index contributed by atoms with van der Waals surface area (Å²) >= 11 is 0. The average Bonchev–Trinajstić information content (AvgIpc) is 3.14. The van der Waals surface area contributed by atoms with Crippen molar-refractivity contribution in [3.05, 3.63) is 47.5 Å². The zero-order valence-corrected chi connectivity index (χ0v) is 17.5. The molecule has 0 saturated carbocycles. The Labute approximate surface area is 171 Å². The summed E-state index contributed by atoms with van der Waals surface area (Å²) in [5.74, 6) is 0.569. The lowest BCUT2D eigenvalue weighted by Crippen LogP contribution is -2.29. The fourth-order valence-electron chi connectivity index (χ4n) is 3.75. The van der Waals surface area contributed by atoms with Crippen molar-refractivity contribution in [2.45, 2.75) is 33.1 Å². The molecule has 0 aliphatic carbocycles. The minimum Gasteiger partial charge on any atom is -0.497 e. The molecule has 2 aromatic rings. The predicted molar refractivity (Wildman–Crippen MR) is 114 cm³/mol. The third kappa shape index (κ3) is 4.21. The number of aryl methyl sites for hydroxylation is 2. The van der Waals surface area contributed by atoms with Crippen LogP contribution < -0.4 is 19.7 Å². The van der Waals surface area contributed by atoms with Crippen molar-refractivity contribution in [1.29, 1.82) is 0 Å². The molecule has 3 rings (SSSR count). The smallest absolute Gasteiger partial charge is 0.229 e. The van der Waals surface area contributed by atoms with Crippen LogP contribution in [0.2, 0.25) is 0 Å². The highest BCUT2D eigenvalue weighted by Crippen LogP contribution is 2.36. The first kappa shape index (κ1) is 20.7. The monoisotopic (exact) mass is 396 g/mol. The van der Waals surface area contributed by atoms with Crippen LogP contribution in [0.1, 0.15) is 31.4 Å². The summed E-state index contributed by atoms with van der Waals surface area (Å²) in [7, 11) is 3.13. The minimum atomic E-state index is -0.413. The third-order valence-electron chi connectivity index (χ3n) is 5.42. The van der Waals surface area contributed by atoms with Crippen LogP contribution in [0.3, 0.4) is 0 Å². The van der Waals surface area contributed by atoms with Crippen molar-refractivity contribution >= 4 is 23.2 Å². The quantitative estimate of drug-likeness (QED) is 0.773. The molecule has 1 saturated heterocycles. The topological polar surface area (TPSA) is 67.9 Å². The van der Waals surface area contributed by atoms with Crippen LogP contribution in [0.4, 0.5) is 11.4 Å². The molecule has 2 aromatic carbocycles. The summed E-state index contributed by atoms with van der Waals surface area (Å²) < 4.78 is 10.6. The Morgan fingerprint density at radius 3 is 2.38 bits per heavy atom. The number of nitrogens with one attached hydrogen (secondary N) is 1. The van der Waals surface area contributed by atoms with Gasteiger partial charge in [-0.25, -0.2) is 0 Å². The Hall–Kier alpha value is -3.02. The number of rotatable bonds is 7. The van der Waals surface area contributed by atoms with E-state index in [1.165, 1.54) is 0 Å². The summed E-state index contributed by atoms with van der Waals surface area (Å²) in [5, 5.41) is 3.09. The molecule has 0 radical (unpaired) electrons. The van der Waals surface area contributed by atoms with Gasteiger partial charge in [0.25, 0.3) is 0 Å². The van der Waals surface area contributed by atoms with E-state index in [0.29, 0.717) is 23.7 Å². The van der Waals surface area contributed by atoms with Crippen molar-refractivity contribution in [2.75, 3.05) is 31.0 Å². The number of hydrogen-bond acceptors (Lipinski definition) is 4. The van der Waals surface area contributed by atoms with Crippen LogP contribution in [0.15, 0.2) is 36.4 Å². The van der Waals surface area contributed by atoms with Gasteiger partial charge < -0.3 is 19.7 Å². The second-order valence-electron chi connectivity index (χ2n) is 7.09. The largest absolute Gasteiger partial charge is 0.497 e. The number of ether oxygens (including phenoxy) is 2. The van der Waals surface area contributed by atoms with Crippen LogP contribution in [0, 0.1) is 5.92 Å². The molecule has 0 aromatic heterocycles. The molecule has 1 atom stereocenters. The second kappa shape index (κ2) is 8.99. The molecule has 0 bridgehead atoms. The summed E-state index contributed by atoms with van der Waals surface area (Å²) in [6.45, 7) is 4.46. The first-order valence-electron chi connectivity index (χ1n) is 9.96. The zero-order valence-electron chi connectivity index (χ0n) is 17.5. The Bertz CT molecular complexity index is 887. The molecule has 1 aliphatic heterocycles. The number of para-hydroxylation sites is 1. The van der Waals surface area contributed by atoms with E-state index in [1.54, 1.807) is 37.3 Å². The molecule has 1 aliphatic rings. The molecule has 6 heteroatoms. The number of nitrogens with zero attached hydrogens (tertiary/aromatic N) is 1. The van der Waals surface area contributed by atoms with Gasteiger partial charge in [-0.2, -0.15) is 0 Å². The van der Waals surface area contributed by atoms with Gasteiger partial charge in [-0.15, -0.1) is 0 Å². The highest BCUT2D eigenvalue weighted by atomic mass is 16.5. The third-order valence-corrected chi connectivity index (χ3v) is 5.42. The van der Waals surface area contributed by atoms with Crippen LogP contribution in [-0.2, 0) is 22.4 Å². The fraction of sp³-hybridized carbons (Fsp3) is 0.391. The number of anilines is 2. The van der Waals surface area contributed by atoms with Gasteiger partial charge in [0.1, 0.15) is 11.5 Å². The highest BCUT2D eigenvalue weighted by Gasteiger charge is 2.36. The Morgan fingerprint density at radius 1 is 1.10 bits per heavy atom. The van der Waals surface area contributed by atoms with Crippen LogP contribution >= 0.6 is 0 Å². The summed E-state index contributed by atoms with van der Waals surface area (Å²) in [6, 6.07) is 11.4. The molecule has 2 amide bonds. The first-order valence-corrected chi connectivity index (χ1v) is 9.96. The lowest BCUT2D eigenvalue weighted by Gasteiger charge is -2.20. The van der Waals surface area contributed by atoms with E-state index in [2.05, 4.69) is 19.2 Å². The number of carbonyl (C=O) groups is 2. The van der Waals surface area contributed by atoms with Gasteiger partial charge in [-0.05, 0) is 36.1 Å². The lowest BCUT2D eigenvalue weighted by atomic mass is 10.0. The number of hydrogen-bond donors (Lipinski definition) is 1. The molecule has 1 N–H and O–H groups in total. The molecule has 6 nitrogen and oxygen atoms in total. The molecule has 29 heavy (non-hydrogen) atoms. The summed E-state index contributed by atoms with van der Waals surface area (Å²) in [4.78, 5) is 27.3. The molecule has 0 unspecified atom stereocenters. The highest BCUT2D eigenvalue weighted by molar-refractivity contribution is 6.04. The second-order valence-corrected chi connectivity index (χ2v) is 7.09. The van der Waals surface area contributed by atoms with E-state index in [-0.39, 0.29) is 18.2 Å². The Kier molecular flexibility index (Phi) is 6.42. The van der Waals surface area contributed by atoms with E-state index in [9.17, 15) is 9.59 Å². The molecule has 154 valence electrons. The summed E-state index contributed by atoms with van der Waals surface area (Å²) in [5.41, 5.74) is 3.75. The normalized spacial score (nSPS) is 16.1. The van der Waals surface area contributed by atoms with Gasteiger partial charge in [0.05, 0.1) is 25.8 Å². The number of methoxy groups -OCH3 is 2. The molecule has 1 fully saturated rings. The van der Waals surface area contributed by atoms with Crippen molar-refractivity contribution in [1.82, 2.24) is 0 Å². The van der Waals surface area contributed by atoms with Crippen molar-refractivity contribution in [3.8, 4) is 11.5 Å². The fourth-order valence-corrected chi connectivity index (χ4v) is 3.75. The van der Waals surface area contributed by atoms with Crippen LogP contribution in [0.25, 0.3) is 0 Å².